The molecule has 30 heavy (non-hydrogen) atoms. The van der Waals surface area contributed by atoms with Crippen molar-refractivity contribution in [3.05, 3.63) is 77.0 Å². The lowest BCUT2D eigenvalue weighted by atomic mass is 9.67. The third-order valence-corrected chi connectivity index (χ3v) is 6.05. The van der Waals surface area contributed by atoms with E-state index in [4.69, 9.17) is 4.74 Å². The van der Waals surface area contributed by atoms with Crippen molar-refractivity contribution in [1.82, 2.24) is 4.90 Å². The first-order valence-electron chi connectivity index (χ1n) is 9.54. The Balaban J connectivity index is 1.92. The lowest BCUT2D eigenvalue weighted by Gasteiger charge is -2.34. The highest BCUT2D eigenvalue weighted by Crippen LogP contribution is 2.59. The number of esters is 1. The van der Waals surface area contributed by atoms with Crippen molar-refractivity contribution < 1.29 is 14.3 Å². The standard InChI is InChI=1S/C24H19N3O3/c1-15(28)21-20(17-7-9-18(10-8-17)23(29)30-2)24(13-25,14-26)22-19-6-4-3-5-16(19)11-12-27(21)22/h3-12,20-22H,1-2H3/t20-,21+,22-/m1/s1. The van der Waals surface area contributed by atoms with Crippen LogP contribution in [-0.4, -0.2) is 29.8 Å². The summed E-state index contributed by atoms with van der Waals surface area (Å²) in [7, 11) is 1.30. The van der Waals surface area contributed by atoms with Crippen LogP contribution in [0.15, 0.2) is 54.7 Å². The number of fused-ring (bicyclic) bond motifs is 3. The molecule has 3 atom stereocenters. The first kappa shape index (κ1) is 19.4. The number of ether oxygens (including phenoxy) is 1. The average Bonchev–Trinajstić information content (AvgIpc) is 3.10. The molecule has 0 saturated carbocycles. The van der Waals surface area contributed by atoms with E-state index in [0.29, 0.717) is 11.1 Å². The van der Waals surface area contributed by atoms with Crippen LogP contribution in [0.3, 0.4) is 0 Å². The molecule has 6 nitrogen and oxygen atoms in total. The number of carbonyl (C=O) groups is 2. The number of methoxy groups -OCH3 is 1. The smallest absolute Gasteiger partial charge is 0.337 e. The number of Topliss-reactive ketones (excluding diaryl/α,β-unsaturated/α-hetero) is 1. The van der Waals surface area contributed by atoms with Crippen LogP contribution in [0.25, 0.3) is 6.08 Å². The molecule has 0 N–H and O–H groups in total. The van der Waals surface area contributed by atoms with Gasteiger partial charge in [0.2, 0.25) is 0 Å². The molecule has 4 rings (SSSR count). The van der Waals surface area contributed by atoms with Gasteiger partial charge in [0.1, 0.15) is 0 Å². The minimum Gasteiger partial charge on any atom is -0.465 e. The average molecular weight is 397 g/mol. The lowest BCUT2D eigenvalue weighted by Crippen LogP contribution is -2.36. The zero-order chi connectivity index (χ0) is 21.5. The van der Waals surface area contributed by atoms with E-state index in [2.05, 4.69) is 12.1 Å². The van der Waals surface area contributed by atoms with Crippen LogP contribution in [0.5, 0.6) is 0 Å². The van der Waals surface area contributed by atoms with Gasteiger partial charge < -0.3 is 9.64 Å². The highest BCUT2D eigenvalue weighted by molar-refractivity contribution is 5.89. The predicted molar refractivity (Wildman–Crippen MR) is 109 cm³/mol. The monoisotopic (exact) mass is 397 g/mol. The van der Waals surface area contributed by atoms with Crippen LogP contribution in [0, 0.1) is 28.1 Å². The van der Waals surface area contributed by atoms with Gasteiger partial charge in [-0.2, -0.15) is 10.5 Å². The van der Waals surface area contributed by atoms with Crippen LogP contribution in [-0.2, 0) is 9.53 Å². The molecule has 148 valence electrons. The fourth-order valence-electron chi connectivity index (χ4n) is 4.77. The summed E-state index contributed by atoms with van der Waals surface area (Å²) in [5.41, 5.74) is 1.32. The summed E-state index contributed by atoms with van der Waals surface area (Å²) in [5, 5.41) is 20.6. The van der Waals surface area contributed by atoms with Crippen LogP contribution in [0.2, 0.25) is 0 Å². The third-order valence-electron chi connectivity index (χ3n) is 6.05. The second kappa shape index (κ2) is 7.17. The van der Waals surface area contributed by atoms with Gasteiger partial charge in [0.05, 0.1) is 36.9 Å². The number of nitrogens with zero attached hydrogens (tertiary/aromatic N) is 3. The van der Waals surface area contributed by atoms with E-state index in [0.717, 1.165) is 11.1 Å². The fourth-order valence-corrected chi connectivity index (χ4v) is 4.77. The molecule has 0 amide bonds. The summed E-state index contributed by atoms with van der Waals surface area (Å²) in [6.45, 7) is 1.48. The number of rotatable bonds is 3. The van der Waals surface area contributed by atoms with Crippen molar-refractivity contribution in [2.75, 3.05) is 7.11 Å². The molecule has 6 heteroatoms. The van der Waals surface area contributed by atoms with Crippen LogP contribution in [0.1, 0.15) is 45.9 Å². The summed E-state index contributed by atoms with van der Waals surface area (Å²) < 4.78 is 4.75. The van der Waals surface area contributed by atoms with Crippen LogP contribution < -0.4 is 0 Å². The van der Waals surface area contributed by atoms with Crippen molar-refractivity contribution >= 4 is 17.8 Å². The molecule has 1 fully saturated rings. The molecule has 2 aliphatic heterocycles. The Morgan fingerprint density at radius 3 is 2.33 bits per heavy atom. The highest BCUT2D eigenvalue weighted by atomic mass is 16.5. The number of hydrogen-bond acceptors (Lipinski definition) is 6. The molecule has 2 aromatic rings. The quantitative estimate of drug-likeness (QED) is 0.735. The van der Waals surface area contributed by atoms with Gasteiger partial charge in [-0.25, -0.2) is 4.79 Å². The van der Waals surface area contributed by atoms with Crippen molar-refractivity contribution in [3.63, 3.8) is 0 Å². The van der Waals surface area contributed by atoms with Crippen molar-refractivity contribution in [2.24, 2.45) is 5.41 Å². The maximum absolute atomic E-state index is 12.8. The Labute approximate surface area is 174 Å². The molecule has 2 heterocycles. The molecule has 0 spiro atoms. The molecular formula is C24H19N3O3. The summed E-state index contributed by atoms with van der Waals surface area (Å²) in [6, 6.07) is 17.5. The first-order chi connectivity index (χ1) is 14.5. The second-order valence-corrected chi connectivity index (χ2v) is 7.53. The SMILES string of the molecule is COC(=O)c1ccc([C@@H]2[C@H](C(C)=O)N3C=Cc4ccccc4[C@@H]3C2(C#N)C#N)cc1. The molecule has 0 unspecified atom stereocenters. The number of benzene rings is 2. The van der Waals surface area contributed by atoms with Gasteiger partial charge in [0.25, 0.3) is 0 Å². The molecule has 1 saturated heterocycles. The molecule has 2 aromatic carbocycles. The van der Waals surface area contributed by atoms with Crippen LogP contribution >= 0.6 is 0 Å². The van der Waals surface area contributed by atoms with E-state index in [1.807, 2.05) is 41.4 Å². The summed E-state index contributed by atoms with van der Waals surface area (Å²) in [5.74, 6) is -1.28. The number of hydrogen-bond donors (Lipinski definition) is 0. The Morgan fingerprint density at radius 2 is 1.73 bits per heavy atom. The summed E-state index contributed by atoms with van der Waals surface area (Å²) >= 11 is 0. The zero-order valence-corrected chi connectivity index (χ0v) is 16.6. The largest absolute Gasteiger partial charge is 0.465 e. The van der Waals surface area contributed by atoms with Crippen molar-refractivity contribution in [1.29, 1.82) is 10.5 Å². The highest BCUT2D eigenvalue weighted by Gasteiger charge is 2.63. The molecule has 0 aromatic heterocycles. The Hall–Kier alpha value is -3.90. The first-order valence-corrected chi connectivity index (χ1v) is 9.54. The normalized spacial score (nSPS) is 22.9. The number of ketones is 1. The third kappa shape index (κ3) is 2.62. The van der Waals surface area contributed by atoms with Gasteiger partial charge in [-0.05, 0) is 41.8 Å². The Kier molecular flexibility index (Phi) is 4.64. The molecule has 0 bridgehead atoms. The minimum absolute atomic E-state index is 0.126. The van der Waals surface area contributed by atoms with E-state index in [9.17, 15) is 20.1 Å². The number of carbonyl (C=O) groups excluding carboxylic acids is 2. The van der Waals surface area contributed by atoms with Crippen molar-refractivity contribution in [3.8, 4) is 12.1 Å². The molecule has 0 radical (unpaired) electrons. The van der Waals surface area contributed by atoms with Gasteiger partial charge in [0, 0.05) is 12.1 Å². The van der Waals surface area contributed by atoms with E-state index < -0.39 is 29.4 Å². The fraction of sp³-hybridized carbons (Fsp3) is 0.250. The van der Waals surface area contributed by atoms with Crippen molar-refractivity contribution in [2.45, 2.75) is 24.9 Å². The van der Waals surface area contributed by atoms with Crippen LogP contribution in [0.4, 0.5) is 0 Å². The summed E-state index contributed by atoms with van der Waals surface area (Å²) in [4.78, 5) is 26.4. The van der Waals surface area contributed by atoms with E-state index in [-0.39, 0.29) is 5.78 Å². The maximum Gasteiger partial charge on any atom is 0.337 e. The number of nitriles is 2. The van der Waals surface area contributed by atoms with Gasteiger partial charge >= 0.3 is 5.97 Å². The molecule has 0 aliphatic carbocycles. The molecular weight excluding hydrogens is 378 g/mol. The topological polar surface area (TPSA) is 94.2 Å². The van der Waals surface area contributed by atoms with E-state index >= 15 is 0 Å². The Bertz CT molecular complexity index is 1120. The van der Waals surface area contributed by atoms with Gasteiger partial charge in [-0.15, -0.1) is 0 Å². The van der Waals surface area contributed by atoms with E-state index in [1.54, 1.807) is 24.3 Å². The van der Waals surface area contributed by atoms with Gasteiger partial charge in [-0.1, -0.05) is 36.4 Å². The maximum atomic E-state index is 12.8. The second-order valence-electron chi connectivity index (χ2n) is 7.53. The summed E-state index contributed by atoms with van der Waals surface area (Å²) in [6.07, 6.45) is 3.72. The minimum atomic E-state index is -1.48. The van der Waals surface area contributed by atoms with Gasteiger partial charge in [-0.3, -0.25) is 4.79 Å². The zero-order valence-electron chi connectivity index (χ0n) is 16.6. The Morgan fingerprint density at radius 1 is 1.07 bits per heavy atom. The predicted octanol–water partition coefficient (Wildman–Crippen LogP) is 3.59. The molecule has 2 aliphatic rings. The van der Waals surface area contributed by atoms with E-state index in [1.165, 1.54) is 14.0 Å². The lowest BCUT2D eigenvalue weighted by molar-refractivity contribution is -0.121. The van der Waals surface area contributed by atoms with Gasteiger partial charge in [0.15, 0.2) is 11.2 Å².